The molecule has 0 bridgehead atoms. The van der Waals surface area contributed by atoms with Crippen molar-refractivity contribution in [3.63, 3.8) is 0 Å². The van der Waals surface area contributed by atoms with Gasteiger partial charge in [-0.2, -0.15) is 0 Å². The third-order valence-electron chi connectivity index (χ3n) is 1.47. The van der Waals surface area contributed by atoms with Crippen LogP contribution in [0.25, 0.3) is 0 Å². The van der Waals surface area contributed by atoms with Crippen molar-refractivity contribution < 1.29 is 19.4 Å². The van der Waals surface area contributed by atoms with Gasteiger partial charge in [-0.05, 0) is 0 Å². The molecule has 0 amide bonds. The molecule has 1 aromatic heterocycles. The predicted molar refractivity (Wildman–Crippen MR) is 34.7 cm³/mol. The van der Waals surface area contributed by atoms with Crippen molar-refractivity contribution in [2.75, 3.05) is 6.79 Å². The average molecular weight is 166 g/mol. The first-order valence-corrected chi connectivity index (χ1v) is 3.24. The highest BCUT2D eigenvalue weighted by Gasteiger charge is 2.14. The summed E-state index contributed by atoms with van der Waals surface area (Å²) in [5.41, 5.74) is -0.153. The molecule has 62 valence electrons. The Bertz CT molecular complexity index is 336. The van der Waals surface area contributed by atoms with Crippen molar-refractivity contribution >= 4 is 5.97 Å². The lowest BCUT2D eigenvalue weighted by molar-refractivity contribution is -0.255. The highest BCUT2D eigenvalue weighted by molar-refractivity contribution is 5.84. The summed E-state index contributed by atoms with van der Waals surface area (Å²) in [4.78, 5) is 13.9. The smallest absolute Gasteiger partial charge is 0.231 e. The zero-order valence-electron chi connectivity index (χ0n) is 5.94. The molecule has 0 radical (unpaired) electrons. The lowest BCUT2D eigenvalue weighted by atomic mass is 10.3. The molecule has 1 aromatic rings. The molecule has 0 N–H and O–H groups in total. The normalized spacial score (nSPS) is 13.0. The van der Waals surface area contributed by atoms with Gasteiger partial charge in [-0.3, -0.25) is 4.98 Å². The third kappa shape index (κ3) is 0.952. The molecular weight excluding hydrogens is 162 g/mol. The Balaban J connectivity index is 2.45. The molecule has 0 atom stereocenters. The van der Waals surface area contributed by atoms with Crippen LogP contribution in [0.2, 0.25) is 0 Å². The van der Waals surface area contributed by atoms with E-state index in [9.17, 15) is 9.90 Å². The van der Waals surface area contributed by atoms with Crippen molar-refractivity contribution in [3.05, 3.63) is 18.0 Å². The number of aromatic nitrogens is 1. The van der Waals surface area contributed by atoms with Gasteiger partial charge in [-0.1, -0.05) is 0 Å². The van der Waals surface area contributed by atoms with E-state index in [1.165, 1.54) is 12.3 Å². The van der Waals surface area contributed by atoms with Gasteiger partial charge >= 0.3 is 0 Å². The van der Waals surface area contributed by atoms with Crippen molar-refractivity contribution in [1.82, 2.24) is 4.98 Å². The molecule has 0 spiro atoms. The van der Waals surface area contributed by atoms with E-state index in [1.54, 1.807) is 0 Å². The van der Waals surface area contributed by atoms with Crippen LogP contribution in [0.3, 0.4) is 0 Å². The Hall–Kier alpha value is -1.78. The molecule has 0 saturated carbocycles. The minimum atomic E-state index is -1.33. The fourth-order valence-corrected chi connectivity index (χ4v) is 0.914. The van der Waals surface area contributed by atoms with Crippen molar-refractivity contribution in [3.8, 4) is 11.5 Å². The van der Waals surface area contributed by atoms with E-state index >= 15 is 0 Å². The zero-order chi connectivity index (χ0) is 8.55. The van der Waals surface area contributed by atoms with Crippen LogP contribution in [0, 0.1) is 0 Å². The van der Waals surface area contributed by atoms with Crippen LogP contribution in [-0.4, -0.2) is 17.7 Å². The molecule has 5 nitrogen and oxygen atoms in total. The highest BCUT2D eigenvalue weighted by Crippen LogP contribution is 2.30. The van der Waals surface area contributed by atoms with Gasteiger partial charge in [0.1, 0.15) is 0 Å². The summed E-state index contributed by atoms with van der Waals surface area (Å²) < 4.78 is 9.87. The molecule has 0 saturated heterocycles. The molecule has 0 aromatic carbocycles. The fraction of sp³-hybridized carbons (Fsp3) is 0.143. The Labute approximate surface area is 67.6 Å². The number of carbonyl (C=O) groups excluding carboxylic acids is 1. The zero-order valence-corrected chi connectivity index (χ0v) is 5.94. The highest BCUT2D eigenvalue weighted by atomic mass is 16.7. The summed E-state index contributed by atoms with van der Waals surface area (Å²) >= 11 is 0. The monoisotopic (exact) mass is 166 g/mol. The molecule has 0 unspecified atom stereocenters. The van der Waals surface area contributed by atoms with Crippen LogP contribution < -0.4 is 14.6 Å². The minimum Gasteiger partial charge on any atom is -0.543 e. The summed E-state index contributed by atoms with van der Waals surface area (Å²) in [5, 5.41) is 10.3. The van der Waals surface area contributed by atoms with Gasteiger partial charge in [0, 0.05) is 6.07 Å². The second-order valence-corrected chi connectivity index (χ2v) is 2.21. The Morgan fingerprint density at radius 3 is 3.00 bits per heavy atom. The molecule has 2 rings (SSSR count). The van der Waals surface area contributed by atoms with Gasteiger partial charge in [0.2, 0.25) is 6.79 Å². The van der Waals surface area contributed by atoms with Gasteiger partial charge in [-0.25, -0.2) is 0 Å². The van der Waals surface area contributed by atoms with E-state index in [4.69, 9.17) is 9.47 Å². The summed E-state index contributed by atoms with van der Waals surface area (Å²) in [5.74, 6) is -0.475. The molecular formula is C7H4NO4-. The maximum absolute atomic E-state index is 10.3. The van der Waals surface area contributed by atoms with Crippen molar-refractivity contribution in [2.45, 2.75) is 0 Å². The van der Waals surface area contributed by atoms with Gasteiger partial charge in [-0.15, -0.1) is 0 Å². The lowest BCUT2D eigenvalue weighted by Crippen LogP contribution is -2.23. The second kappa shape index (κ2) is 2.37. The number of ether oxygens (including phenoxy) is 2. The van der Waals surface area contributed by atoms with Gasteiger partial charge < -0.3 is 19.4 Å². The molecule has 12 heavy (non-hydrogen) atoms. The van der Waals surface area contributed by atoms with Crippen LogP contribution in [0.15, 0.2) is 12.3 Å². The maximum atomic E-state index is 10.3. The van der Waals surface area contributed by atoms with E-state index in [0.29, 0.717) is 11.5 Å². The van der Waals surface area contributed by atoms with E-state index < -0.39 is 5.97 Å². The second-order valence-electron chi connectivity index (χ2n) is 2.21. The number of pyridine rings is 1. The first-order valence-electron chi connectivity index (χ1n) is 3.24. The largest absolute Gasteiger partial charge is 0.543 e. The predicted octanol–water partition coefficient (Wildman–Crippen LogP) is -0.826. The number of carboxylic acid groups (broad SMARTS) is 1. The Kier molecular flexibility index (Phi) is 1.36. The number of fused-ring (bicyclic) bond motifs is 1. The van der Waals surface area contributed by atoms with Crippen molar-refractivity contribution in [2.24, 2.45) is 0 Å². The standard InChI is InChI=1S/C7H5NO4/c9-7(10)4-1-5-6(2-8-4)12-3-11-5/h1-2H,3H2,(H,9,10)/p-1. The molecule has 1 aliphatic rings. The van der Waals surface area contributed by atoms with Gasteiger partial charge in [0.15, 0.2) is 11.5 Å². The van der Waals surface area contributed by atoms with E-state index in [-0.39, 0.29) is 12.5 Å². The molecule has 0 fully saturated rings. The van der Waals surface area contributed by atoms with E-state index in [0.717, 1.165) is 0 Å². The SMILES string of the molecule is O=C([O-])c1cc2c(cn1)OCO2. The number of hydrogen-bond donors (Lipinski definition) is 0. The average Bonchev–Trinajstić information content (AvgIpc) is 2.49. The number of hydrogen-bond acceptors (Lipinski definition) is 5. The summed E-state index contributed by atoms with van der Waals surface area (Å²) in [6.45, 7) is 0.105. The topological polar surface area (TPSA) is 71.5 Å². The maximum Gasteiger partial charge on any atom is 0.231 e. The van der Waals surface area contributed by atoms with Crippen LogP contribution >= 0.6 is 0 Å². The fourth-order valence-electron chi connectivity index (χ4n) is 0.914. The first kappa shape index (κ1) is 6.90. The van der Waals surface area contributed by atoms with Crippen molar-refractivity contribution in [1.29, 1.82) is 0 Å². The number of carbonyl (C=O) groups is 1. The summed E-state index contributed by atoms with van der Waals surface area (Å²) in [7, 11) is 0. The first-order chi connectivity index (χ1) is 5.77. The number of carboxylic acids is 1. The van der Waals surface area contributed by atoms with Crippen LogP contribution in [0.5, 0.6) is 11.5 Å². The van der Waals surface area contributed by atoms with Crippen LogP contribution in [-0.2, 0) is 0 Å². The van der Waals surface area contributed by atoms with Gasteiger partial charge in [0.05, 0.1) is 17.9 Å². The molecule has 5 heteroatoms. The van der Waals surface area contributed by atoms with E-state index in [1.807, 2.05) is 0 Å². The Morgan fingerprint density at radius 2 is 2.25 bits per heavy atom. The number of rotatable bonds is 1. The summed E-state index contributed by atoms with van der Waals surface area (Å²) in [6, 6.07) is 1.28. The summed E-state index contributed by atoms with van der Waals surface area (Å²) in [6.07, 6.45) is 1.30. The third-order valence-corrected chi connectivity index (χ3v) is 1.47. The van der Waals surface area contributed by atoms with Crippen LogP contribution in [0.1, 0.15) is 10.5 Å². The van der Waals surface area contributed by atoms with Gasteiger partial charge in [0.25, 0.3) is 0 Å². The number of nitrogens with zero attached hydrogens (tertiary/aromatic N) is 1. The lowest BCUT2D eigenvalue weighted by Gasteiger charge is -2.01. The molecule has 0 aliphatic carbocycles. The minimum absolute atomic E-state index is 0.105. The quantitative estimate of drug-likeness (QED) is 0.544. The Morgan fingerprint density at radius 1 is 1.50 bits per heavy atom. The van der Waals surface area contributed by atoms with E-state index in [2.05, 4.69) is 4.98 Å². The molecule has 1 aliphatic heterocycles. The molecule has 2 heterocycles. The number of aromatic carboxylic acids is 1. The van der Waals surface area contributed by atoms with Crippen LogP contribution in [0.4, 0.5) is 0 Å².